The minimum absolute atomic E-state index is 0.300. The number of methoxy groups -OCH3 is 1. The fourth-order valence-electron chi connectivity index (χ4n) is 2.87. The Morgan fingerprint density at radius 2 is 2.19 bits per heavy atom. The molecule has 0 unspecified atom stereocenters. The molecule has 0 atom stereocenters. The number of esters is 1. The maximum atomic E-state index is 12.1. The van der Waals surface area contributed by atoms with Crippen LogP contribution in [0.25, 0.3) is 11.3 Å². The Labute approximate surface area is 123 Å². The number of rotatable bonds is 3. The smallest absolute Gasteiger partial charge is 0.356 e. The van der Waals surface area contributed by atoms with E-state index in [1.54, 1.807) is 18.8 Å². The fourth-order valence-corrected chi connectivity index (χ4v) is 2.87. The molecule has 0 saturated heterocycles. The van der Waals surface area contributed by atoms with Crippen molar-refractivity contribution in [1.29, 1.82) is 0 Å². The van der Waals surface area contributed by atoms with Crippen LogP contribution in [0.5, 0.6) is 5.75 Å². The van der Waals surface area contributed by atoms with Crippen molar-refractivity contribution < 1.29 is 14.3 Å². The van der Waals surface area contributed by atoms with Crippen molar-refractivity contribution >= 4 is 5.97 Å². The van der Waals surface area contributed by atoms with Gasteiger partial charge >= 0.3 is 5.97 Å². The average molecular weight is 286 g/mol. The van der Waals surface area contributed by atoms with E-state index in [9.17, 15) is 4.79 Å². The van der Waals surface area contributed by atoms with Gasteiger partial charge in [-0.3, -0.25) is 4.68 Å². The van der Waals surface area contributed by atoms with Crippen molar-refractivity contribution in [1.82, 2.24) is 9.78 Å². The van der Waals surface area contributed by atoms with Crippen LogP contribution in [0, 0.1) is 0 Å². The molecule has 3 rings (SSSR count). The first-order valence-electron chi connectivity index (χ1n) is 7.06. The summed E-state index contributed by atoms with van der Waals surface area (Å²) < 4.78 is 12.0. The van der Waals surface area contributed by atoms with Gasteiger partial charge in [0.25, 0.3) is 0 Å². The molecule has 0 bridgehead atoms. The molecule has 0 aliphatic heterocycles. The van der Waals surface area contributed by atoms with Crippen molar-refractivity contribution in [2.45, 2.75) is 19.8 Å². The number of aryl methyl sites for hydroxylation is 2. The van der Waals surface area contributed by atoms with E-state index in [1.807, 2.05) is 25.1 Å². The molecule has 5 nitrogen and oxygen atoms in total. The van der Waals surface area contributed by atoms with Crippen molar-refractivity contribution in [2.24, 2.45) is 7.05 Å². The number of carbonyl (C=O) groups is 1. The summed E-state index contributed by atoms with van der Waals surface area (Å²) in [6.45, 7) is 2.18. The van der Waals surface area contributed by atoms with Crippen LogP contribution in [-0.4, -0.2) is 29.5 Å². The minimum atomic E-state index is -0.300. The predicted octanol–water partition coefficient (Wildman–Crippen LogP) is 2.37. The molecule has 0 spiro atoms. The van der Waals surface area contributed by atoms with Crippen molar-refractivity contribution in [3.63, 3.8) is 0 Å². The normalized spacial score (nSPS) is 12.5. The summed E-state index contributed by atoms with van der Waals surface area (Å²) in [7, 11) is 3.45. The van der Waals surface area contributed by atoms with E-state index in [4.69, 9.17) is 9.47 Å². The lowest BCUT2D eigenvalue weighted by molar-refractivity contribution is 0.0512. The molecule has 0 saturated carbocycles. The van der Waals surface area contributed by atoms with Gasteiger partial charge < -0.3 is 9.47 Å². The third kappa shape index (κ3) is 2.18. The molecular weight excluding hydrogens is 268 g/mol. The van der Waals surface area contributed by atoms with Crippen LogP contribution in [0.1, 0.15) is 28.5 Å². The van der Waals surface area contributed by atoms with Crippen molar-refractivity contribution in [3.8, 4) is 17.0 Å². The molecule has 1 aromatic carbocycles. The molecule has 110 valence electrons. The Morgan fingerprint density at radius 3 is 2.90 bits per heavy atom. The zero-order valence-corrected chi connectivity index (χ0v) is 12.5. The fraction of sp³-hybridized carbons (Fsp3) is 0.375. The molecular formula is C16H18N2O3. The van der Waals surface area contributed by atoms with E-state index in [-0.39, 0.29) is 5.97 Å². The zero-order valence-electron chi connectivity index (χ0n) is 12.5. The highest BCUT2D eigenvalue weighted by molar-refractivity contribution is 5.92. The highest BCUT2D eigenvalue weighted by atomic mass is 16.5. The van der Waals surface area contributed by atoms with Crippen molar-refractivity contribution in [3.05, 3.63) is 35.0 Å². The molecule has 21 heavy (non-hydrogen) atoms. The average Bonchev–Trinajstić information content (AvgIpc) is 2.83. The molecule has 1 aromatic heterocycles. The van der Waals surface area contributed by atoms with Crippen molar-refractivity contribution in [2.75, 3.05) is 13.7 Å². The lowest BCUT2D eigenvalue weighted by Gasteiger charge is -2.16. The van der Waals surface area contributed by atoms with Gasteiger partial charge in [0.15, 0.2) is 0 Å². The van der Waals surface area contributed by atoms with Gasteiger partial charge in [0.05, 0.1) is 19.4 Å². The van der Waals surface area contributed by atoms with E-state index in [2.05, 4.69) is 5.10 Å². The van der Waals surface area contributed by atoms with Crippen LogP contribution in [-0.2, 0) is 24.6 Å². The number of fused-ring (bicyclic) bond motifs is 3. The summed E-state index contributed by atoms with van der Waals surface area (Å²) in [5.74, 6) is 0.546. The van der Waals surface area contributed by atoms with Crippen LogP contribution in [0.2, 0.25) is 0 Å². The van der Waals surface area contributed by atoms with Gasteiger partial charge in [-0.25, -0.2) is 4.79 Å². The number of ether oxygens (including phenoxy) is 2. The topological polar surface area (TPSA) is 53.3 Å². The highest BCUT2D eigenvalue weighted by Gasteiger charge is 2.28. The Morgan fingerprint density at radius 1 is 1.38 bits per heavy atom. The minimum Gasteiger partial charge on any atom is -0.497 e. The third-order valence-electron chi connectivity index (χ3n) is 3.83. The molecule has 5 heteroatoms. The summed E-state index contributed by atoms with van der Waals surface area (Å²) in [6.07, 6.45) is 1.66. The first-order chi connectivity index (χ1) is 10.2. The quantitative estimate of drug-likeness (QED) is 0.813. The number of aromatic nitrogens is 2. The third-order valence-corrected chi connectivity index (χ3v) is 3.83. The second-order valence-electron chi connectivity index (χ2n) is 5.04. The van der Waals surface area contributed by atoms with E-state index in [0.29, 0.717) is 12.3 Å². The molecule has 0 fully saturated rings. The monoisotopic (exact) mass is 286 g/mol. The summed E-state index contributed by atoms with van der Waals surface area (Å²) >= 11 is 0. The molecule has 0 radical (unpaired) electrons. The number of carbonyl (C=O) groups excluding carboxylic acids is 1. The Balaban J connectivity index is 2.10. The number of benzene rings is 1. The summed E-state index contributed by atoms with van der Waals surface area (Å²) in [6, 6.07) is 5.97. The molecule has 1 heterocycles. The largest absolute Gasteiger partial charge is 0.497 e. The second kappa shape index (κ2) is 5.24. The van der Waals surface area contributed by atoms with Gasteiger partial charge in [-0.05, 0) is 43.5 Å². The van der Waals surface area contributed by atoms with Crippen LogP contribution < -0.4 is 4.74 Å². The lowest BCUT2D eigenvalue weighted by atomic mass is 9.89. The number of hydrogen-bond acceptors (Lipinski definition) is 4. The van der Waals surface area contributed by atoms with Gasteiger partial charge in [-0.15, -0.1) is 0 Å². The van der Waals surface area contributed by atoms with E-state index < -0.39 is 0 Å². The Kier molecular flexibility index (Phi) is 3.41. The van der Waals surface area contributed by atoms with Gasteiger partial charge in [0.2, 0.25) is 0 Å². The number of nitrogens with zero attached hydrogens (tertiary/aromatic N) is 2. The van der Waals surface area contributed by atoms with E-state index >= 15 is 0 Å². The SMILES string of the molecule is CCOC(=O)c1c2c(nn1C)-c1ccc(OC)cc1CC2. The van der Waals surface area contributed by atoms with E-state index in [0.717, 1.165) is 35.4 Å². The van der Waals surface area contributed by atoms with Gasteiger partial charge in [-0.2, -0.15) is 5.10 Å². The van der Waals surface area contributed by atoms with E-state index in [1.165, 1.54) is 5.56 Å². The molecule has 1 aliphatic carbocycles. The lowest BCUT2D eigenvalue weighted by Crippen LogP contribution is -2.13. The Bertz CT molecular complexity index is 704. The van der Waals surface area contributed by atoms with Crippen LogP contribution in [0.3, 0.4) is 0 Å². The summed E-state index contributed by atoms with van der Waals surface area (Å²) in [4.78, 5) is 12.1. The molecule has 2 aromatic rings. The summed E-state index contributed by atoms with van der Waals surface area (Å²) in [5.41, 5.74) is 4.70. The zero-order chi connectivity index (χ0) is 15.0. The first-order valence-corrected chi connectivity index (χ1v) is 7.06. The van der Waals surface area contributed by atoms with Crippen LogP contribution in [0.15, 0.2) is 18.2 Å². The standard InChI is InChI=1S/C16H18N2O3/c1-4-21-16(19)15-13-7-5-10-9-11(20-3)6-8-12(10)14(13)17-18(15)2/h6,8-9H,4-5,7H2,1-3H3. The highest BCUT2D eigenvalue weighted by Crippen LogP contribution is 2.36. The van der Waals surface area contributed by atoms with Gasteiger partial charge in [0.1, 0.15) is 11.4 Å². The predicted molar refractivity (Wildman–Crippen MR) is 78.6 cm³/mol. The molecule has 0 amide bonds. The van der Waals surface area contributed by atoms with Gasteiger partial charge in [0, 0.05) is 18.2 Å². The van der Waals surface area contributed by atoms with Gasteiger partial charge in [-0.1, -0.05) is 0 Å². The first kappa shape index (κ1) is 13.7. The maximum absolute atomic E-state index is 12.1. The molecule has 0 N–H and O–H groups in total. The van der Waals surface area contributed by atoms with Crippen LogP contribution >= 0.6 is 0 Å². The summed E-state index contributed by atoms with van der Waals surface area (Å²) in [5, 5.41) is 4.53. The molecule has 1 aliphatic rings. The second-order valence-corrected chi connectivity index (χ2v) is 5.04. The number of hydrogen-bond donors (Lipinski definition) is 0. The maximum Gasteiger partial charge on any atom is 0.356 e. The Hall–Kier alpha value is -2.30. The van der Waals surface area contributed by atoms with Crippen LogP contribution in [0.4, 0.5) is 0 Å².